The molecule has 35 heavy (non-hydrogen) atoms. The van der Waals surface area contributed by atoms with E-state index in [0.29, 0.717) is 37.4 Å². The molecule has 0 aliphatic heterocycles. The van der Waals surface area contributed by atoms with Crippen molar-refractivity contribution in [3.8, 4) is 11.3 Å². The van der Waals surface area contributed by atoms with Crippen LogP contribution in [-0.4, -0.2) is 23.5 Å². The molecule has 0 unspecified atom stereocenters. The predicted octanol–water partition coefficient (Wildman–Crippen LogP) is 4.24. The van der Waals surface area contributed by atoms with E-state index in [4.69, 9.17) is 11.1 Å². The fraction of sp³-hybridized carbons (Fsp3) is 0.172. The lowest BCUT2D eigenvalue weighted by atomic mass is 10.1. The highest BCUT2D eigenvalue weighted by Gasteiger charge is 2.10. The zero-order valence-electron chi connectivity index (χ0n) is 19.7. The monoisotopic (exact) mass is 465 g/mol. The van der Waals surface area contributed by atoms with Gasteiger partial charge in [-0.15, -0.1) is 0 Å². The zero-order chi connectivity index (χ0) is 24.5. The van der Waals surface area contributed by atoms with Gasteiger partial charge in [-0.2, -0.15) is 0 Å². The Morgan fingerprint density at radius 3 is 2.17 bits per heavy atom. The maximum Gasteiger partial charge on any atom is 0.274 e. The van der Waals surface area contributed by atoms with Crippen LogP contribution in [-0.2, 0) is 19.5 Å². The Labute approximate surface area is 206 Å². The molecule has 3 aromatic carbocycles. The summed E-state index contributed by atoms with van der Waals surface area (Å²) in [6.07, 6.45) is 0.852. The Hall–Kier alpha value is -4.16. The van der Waals surface area contributed by atoms with E-state index in [0.717, 1.165) is 23.2 Å². The lowest BCUT2D eigenvalue weighted by Crippen LogP contribution is -2.30. The Morgan fingerprint density at radius 1 is 0.800 bits per heavy atom. The van der Waals surface area contributed by atoms with Crippen LogP contribution in [0.5, 0.6) is 0 Å². The Bertz CT molecular complexity index is 1300. The van der Waals surface area contributed by atoms with Crippen LogP contribution in [0.15, 0.2) is 102 Å². The van der Waals surface area contributed by atoms with Crippen molar-refractivity contribution in [1.82, 2.24) is 9.88 Å². The van der Waals surface area contributed by atoms with Crippen LogP contribution in [0.4, 0.5) is 5.69 Å². The van der Waals surface area contributed by atoms with Crippen LogP contribution < -0.4 is 21.9 Å². The molecule has 6 nitrogen and oxygen atoms in total. The molecule has 178 valence electrons. The number of aromatic nitrogens is 1. The predicted molar refractivity (Wildman–Crippen MR) is 144 cm³/mol. The second kappa shape index (κ2) is 11.8. The molecule has 0 spiro atoms. The highest BCUT2D eigenvalue weighted by molar-refractivity contribution is 5.94. The second-order valence-electron chi connectivity index (χ2n) is 8.40. The van der Waals surface area contributed by atoms with Gasteiger partial charge in [0.25, 0.3) is 5.56 Å². The zero-order valence-corrected chi connectivity index (χ0v) is 19.7. The molecular weight excluding hydrogens is 434 g/mol. The third kappa shape index (κ3) is 6.46. The van der Waals surface area contributed by atoms with Gasteiger partial charge < -0.3 is 20.9 Å². The molecule has 6 heteroatoms. The molecule has 1 heterocycles. The van der Waals surface area contributed by atoms with Gasteiger partial charge in [0.2, 0.25) is 0 Å². The van der Waals surface area contributed by atoms with Gasteiger partial charge in [-0.05, 0) is 35.2 Å². The van der Waals surface area contributed by atoms with Crippen LogP contribution in [0.1, 0.15) is 16.7 Å². The summed E-state index contributed by atoms with van der Waals surface area (Å²) in [5.74, 6) is 0.0644. The number of benzene rings is 3. The van der Waals surface area contributed by atoms with Gasteiger partial charge in [-0.25, -0.2) is 0 Å². The Balaban J connectivity index is 1.45. The molecule has 4 aromatic rings. The van der Waals surface area contributed by atoms with Crippen molar-refractivity contribution >= 4 is 11.5 Å². The van der Waals surface area contributed by atoms with Crippen LogP contribution in [0.25, 0.3) is 11.3 Å². The number of nitrogens with zero attached hydrogens (tertiary/aromatic N) is 1. The SMILES string of the molecule is N=C(N)c1ccc(CNCCn2c(-c3ccccc3)ccc(NCCc3ccccc3)c2=O)cc1. The lowest BCUT2D eigenvalue weighted by molar-refractivity contribution is 0.589. The summed E-state index contributed by atoms with van der Waals surface area (Å²) in [6.45, 7) is 2.55. The van der Waals surface area contributed by atoms with Crippen molar-refractivity contribution in [1.29, 1.82) is 5.41 Å². The summed E-state index contributed by atoms with van der Waals surface area (Å²) < 4.78 is 1.84. The first kappa shape index (κ1) is 24.0. The number of hydrogen-bond donors (Lipinski definition) is 4. The van der Waals surface area contributed by atoms with Crippen LogP contribution >= 0.6 is 0 Å². The summed E-state index contributed by atoms with van der Waals surface area (Å²) in [6, 6.07) is 31.8. The highest BCUT2D eigenvalue weighted by atomic mass is 16.1. The fourth-order valence-corrected chi connectivity index (χ4v) is 4.01. The van der Waals surface area contributed by atoms with Gasteiger partial charge in [0.1, 0.15) is 11.5 Å². The van der Waals surface area contributed by atoms with E-state index in [-0.39, 0.29) is 11.4 Å². The number of nitrogens with one attached hydrogen (secondary N) is 3. The maximum atomic E-state index is 13.4. The number of anilines is 1. The van der Waals surface area contributed by atoms with Gasteiger partial charge >= 0.3 is 0 Å². The Morgan fingerprint density at radius 2 is 1.49 bits per heavy atom. The molecule has 0 amide bonds. The molecular formula is C29H31N5O. The molecule has 0 radical (unpaired) electrons. The molecule has 0 saturated carbocycles. The van der Waals surface area contributed by atoms with Crippen molar-refractivity contribution in [3.05, 3.63) is 124 Å². The molecule has 0 atom stereocenters. The summed E-state index contributed by atoms with van der Waals surface area (Å²) in [5.41, 5.74) is 11.1. The van der Waals surface area contributed by atoms with E-state index in [1.165, 1.54) is 5.56 Å². The first-order valence-electron chi connectivity index (χ1n) is 11.8. The van der Waals surface area contributed by atoms with Crippen molar-refractivity contribution < 1.29 is 0 Å². The van der Waals surface area contributed by atoms with E-state index < -0.39 is 0 Å². The largest absolute Gasteiger partial charge is 0.384 e. The highest BCUT2D eigenvalue weighted by Crippen LogP contribution is 2.19. The first-order valence-corrected chi connectivity index (χ1v) is 11.8. The van der Waals surface area contributed by atoms with Crippen LogP contribution in [0.2, 0.25) is 0 Å². The summed E-state index contributed by atoms with van der Waals surface area (Å²) in [7, 11) is 0. The summed E-state index contributed by atoms with van der Waals surface area (Å²) >= 11 is 0. The van der Waals surface area contributed by atoms with Crippen LogP contribution in [0, 0.1) is 5.41 Å². The quantitative estimate of drug-likeness (QED) is 0.151. The van der Waals surface area contributed by atoms with Crippen molar-refractivity contribution in [2.75, 3.05) is 18.4 Å². The smallest absolute Gasteiger partial charge is 0.274 e. The van der Waals surface area contributed by atoms with E-state index in [1.54, 1.807) is 0 Å². The first-order chi connectivity index (χ1) is 17.1. The van der Waals surface area contributed by atoms with Gasteiger partial charge in [0.05, 0.1) is 5.69 Å². The second-order valence-corrected chi connectivity index (χ2v) is 8.40. The van der Waals surface area contributed by atoms with Gasteiger partial charge in [-0.1, -0.05) is 84.9 Å². The number of amidine groups is 1. The fourth-order valence-electron chi connectivity index (χ4n) is 4.01. The third-order valence-electron chi connectivity index (χ3n) is 5.92. The molecule has 0 fully saturated rings. The Kier molecular flexibility index (Phi) is 8.09. The molecule has 0 saturated heterocycles. The summed E-state index contributed by atoms with van der Waals surface area (Å²) in [5, 5.41) is 14.3. The average Bonchev–Trinajstić information content (AvgIpc) is 2.89. The number of nitrogens with two attached hydrogens (primary N) is 1. The minimum atomic E-state index is -0.0213. The number of pyridine rings is 1. The lowest BCUT2D eigenvalue weighted by Gasteiger charge is -2.16. The number of rotatable bonds is 11. The number of nitrogen functional groups attached to an aromatic ring is 1. The van der Waals surface area contributed by atoms with Crippen molar-refractivity contribution in [2.24, 2.45) is 5.73 Å². The molecule has 5 N–H and O–H groups in total. The minimum absolute atomic E-state index is 0.0213. The minimum Gasteiger partial charge on any atom is -0.384 e. The van der Waals surface area contributed by atoms with Gasteiger partial charge in [0, 0.05) is 31.7 Å². The topological polar surface area (TPSA) is 95.9 Å². The van der Waals surface area contributed by atoms with Crippen LogP contribution in [0.3, 0.4) is 0 Å². The molecule has 4 rings (SSSR count). The standard InChI is InChI=1S/C29H31N5O/c30-28(31)25-13-11-23(12-14-25)21-32-19-20-34-27(24-9-5-2-6-10-24)16-15-26(29(34)35)33-18-17-22-7-3-1-4-8-22/h1-16,32-33H,17-21H2,(H3,30,31). The molecule has 0 aliphatic rings. The third-order valence-corrected chi connectivity index (χ3v) is 5.92. The van der Waals surface area contributed by atoms with Crippen molar-refractivity contribution in [3.63, 3.8) is 0 Å². The molecule has 1 aromatic heterocycles. The molecule has 0 bridgehead atoms. The normalized spacial score (nSPS) is 10.7. The van der Waals surface area contributed by atoms with E-state index in [1.807, 2.05) is 89.5 Å². The molecule has 0 aliphatic carbocycles. The van der Waals surface area contributed by atoms with Gasteiger partial charge in [-0.3, -0.25) is 10.2 Å². The number of hydrogen-bond acceptors (Lipinski definition) is 4. The maximum absolute atomic E-state index is 13.4. The van der Waals surface area contributed by atoms with Crippen molar-refractivity contribution in [2.45, 2.75) is 19.5 Å². The van der Waals surface area contributed by atoms with Gasteiger partial charge in [0.15, 0.2) is 0 Å². The summed E-state index contributed by atoms with van der Waals surface area (Å²) in [4.78, 5) is 13.4. The van der Waals surface area contributed by atoms with E-state index in [2.05, 4.69) is 22.8 Å². The average molecular weight is 466 g/mol. The van der Waals surface area contributed by atoms with E-state index in [9.17, 15) is 4.79 Å². The van der Waals surface area contributed by atoms with E-state index >= 15 is 0 Å².